The van der Waals surface area contributed by atoms with Gasteiger partial charge in [0.25, 0.3) is 0 Å². The van der Waals surface area contributed by atoms with Crippen molar-refractivity contribution in [1.29, 1.82) is 0 Å². The Labute approximate surface area is 108 Å². The number of benzene rings is 1. The van der Waals surface area contributed by atoms with E-state index in [0.717, 1.165) is 18.5 Å². The molecule has 1 unspecified atom stereocenters. The van der Waals surface area contributed by atoms with E-state index in [2.05, 4.69) is 45.8 Å². The lowest BCUT2D eigenvalue weighted by atomic mass is 9.88. The fourth-order valence-electron chi connectivity index (χ4n) is 1.70. The van der Waals surface area contributed by atoms with Crippen LogP contribution in [0, 0.1) is 9.49 Å². The molecule has 0 saturated heterocycles. The zero-order chi connectivity index (χ0) is 11.4. The summed E-state index contributed by atoms with van der Waals surface area (Å²) in [4.78, 5) is 4.16. The van der Waals surface area contributed by atoms with Crippen molar-refractivity contribution in [3.05, 3.63) is 39.5 Å². The van der Waals surface area contributed by atoms with E-state index in [1.165, 1.54) is 15.5 Å². The van der Waals surface area contributed by atoms with Crippen molar-refractivity contribution < 1.29 is 5.21 Å². The van der Waals surface area contributed by atoms with Crippen LogP contribution < -0.4 is 5.48 Å². The summed E-state index contributed by atoms with van der Waals surface area (Å²) in [5.74, 6) is 0.647. The number of nitrogens with zero attached hydrogens (tertiary/aromatic N) is 1. The third-order valence-electron chi connectivity index (χ3n) is 2.63. The van der Waals surface area contributed by atoms with Crippen LogP contribution in [0.5, 0.6) is 0 Å². The molecule has 84 valence electrons. The Morgan fingerprint density at radius 2 is 2.38 bits per heavy atom. The molecule has 0 fully saturated rings. The van der Waals surface area contributed by atoms with Crippen molar-refractivity contribution >= 4 is 34.6 Å². The Bertz CT molecular complexity index is 429. The number of halogens is 1. The Balaban J connectivity index is 2.20. The van der Waals surface area contributed by atoms with Crippen LogP contribution in [0.1, 0.15) is 12.0 Å². The van der Waals surface area contributed by atoms with Crippen molar-refractivity contribution in [2.24, 2.45) is 10.9 Å². The lowest BCUT2D eigenvalue weighted by molar-refractivity contribution is 0.240. The van der Waals surface area contributed by atoms with Gasteiger partial charge >= 0.3 is 0 Å². The SMILES string of the molecule is ONC=Nc1ccc(I)cc1CC1C=CC1. The van der Waals surface area contributed by atoms with Gasteiger partial charge in [-0.15, -0.1) is 0 Å². The van der Waals surface area contributed by atoms with Crippen molar-refractivity contribution in [2.45, 2.75) is 12.8 Å². The molecular formula is C12H13IN2O. The normalized spacial score (nSPS) is 18.8. The van der Waals surface area contributed by atoms with Crippen molar-refractivity contribution in [3.63, 3.8) is 0 Å². The maximum Gasteiger partial charge on any atom is 0.113 e. The molecule has 0 radical (unpaired) electrons. The first-order valence-electron chi connectivity index (χ1n) is 5.17. The number of aliphatic imine (C=N–C) groups is 1. The lowest BCUT2D eigenvalue weighted by Gasteiger charge is -2.18. The monoisotopic (exact) mass is 328 g/mol. The first kappa shape index (κ1) is 11.6. The standard InChI is InChI=1S/C12H13IN2O/c13-11-4-5-12(14-8-15-16)10(7-11)6-9-2-1-3-9/h1-2,4-5,7-9,16H,3,6H2,(H,14,15). The van der Waals surface area contributed by atoms with E-state index in [9.17, 15) is 0 Å². The predicted molar refractivity (Wildman–Crippen MR) is 73.2 cm³/mol. The van der Waals surface area contributed by atoms with E-state index < -0.39 is 0 Å². The molecule has 0 aromatic heterocycles. The van der Waals surface area contributed by atoms with E-state index >= 15 is 0 Å². The minimum atomic E-state index is 0.647. The molecule has 1 atom stereocenters. The minimum absolute atomic E-state index is 0.647. The van der Waals surface area contributed by atoms with Crippen molar-refractivity contribution in [1.82, 2.24) is 5.48 Å². The molecule has 1 aromatic carbocycles. The number of hydroxylamine groups is 1. The number of nitrogens with one attached hydrogen (secondary N) is 1. The van der Waals surface area contributed by atoms with Gasteiger partial charge in [-0.3, -0.25) is 10.7 Å². The Kier molecular flexibility index (Phi) is 3.95. The van der Waals surface area contributed by atoms with Gasteiger partial charge in [-0.25, -0.2) is 4.99 Å². The number of hydrogen-bond acceptors (Lipinski definition) is 2. The molecule has 2 N–H and O–H groups in total. The maximum absolute atomic E-state index is 8.50. The Morgan fingerprint density at radius 3 is 3.00 bits per heavy atom. The van der Waals surface area contributed by atoms with Crippen molar-refractivity contribution in [3.8, 4) is 0 Å². The highest BCUT2D eigenvalue weighted by molar-refractivity contribution is 14.1. The zero-order valence-electron chi connectivity index (χ0n) is 8.73. The third-order valence-corrected chi connectivity index (χ3v) is 3.30. The van der Waals surface area contributed by atoms with Gasteiger partial charge in [-0.1, -0.05) is 12.2 Å². The summed E-state index contributed by atoms with van der Waals surface area (Å²) >= 11 is 2.30. The van der Waals surface area contributed by atoms with Crippen LogP contribution in [0.3, 0.4) is 0 Å². The third kappa shape index (κ3) is 2.82. The average Bonchev–Trinajstić information content (AvgIpc) is 2.22. The summed E-state index contributed by atoms with van der Waals surface area (Å²) < 4.78 is 1.21. The van der Waals surface area contributed by atoms with E-state index in [-0.39, 0.29) is 0 Å². The predicted octanol–water partition coefficient (Wildman–Crippen LogP) is 3.05. The van der Waals surface area contributed by atoms with Crippen LogP contribution in [0.15, 0.2) is 35.3 Å². The van der Waals surface area contributed by atoms with Gasteiger partial charge in [0.15, 0.2) is 0 Å². The Morgan fingerprint density at radius 1 is 1.56 bits per heavy atom. The highest BCUT2D eigenvalue weighted by Crippen LogP contribution is 2.28. The number of hydrogen-bond donors (Lipinski definition) is 2. The number of allylic oxidation sites excluding steroid dienone is 2. The first-order chi connectivity index (χ1) is 7.79. The molecule has 4 heteroatoms. The van der Waals surface area contributed by atoms with Crippen LogP contribution in [0.2, 0.25) is 0 Å². The van der Waals surface area contributed by atoms with Gasteiger partial charge in [-0.05, 0) is 65.1 Å². The zero-order valence-corrected chi connectivity index (χ0v) is 10.9. The summed E-state index contributed by atoms with van der Waals surface area (Å²) in [5.41, 5.74) is 4.08. The van der Waals surface area contributed by atoms with Crippen LogP contribution >= 0.6 is 22.6 Å². The quantitative estimate of drug-likeness (QED) is 0.293. The van der Waals surface area contributed by atoms with E-state index in [1.54, 1.807) is 0 Å². The topological polar surface area (TPSA) is 44.6 Å². The van der Waals surface area contributed by atoms with Gasteiger partial charge in [0.05, 0.1) is 5.69 Å². The lowest BCUT2D eigenvalue weighted by Crippen LogP contribution is -2.07. The largest absolute Gasteiger partial charge is 0.290 e. The van der Waals surface area contributed by atoms with Crippen LogP contribution in [-0.2, 0) is 6.42 Å². The van der Waals surface area contributed by atoms with Gasteiger partial charge < -0.3 is 0 Å². The summed E-state index contributed by atoms with van der Waals surface area (Å²) in [5, 5.41) is 8.50. The molecule has 0 saturated carbocycles. The molecule has 1 aliphatic rings. The Hall–Kier alpha value is -0.880. The van der Waals surface area contributed by atoms with Crippen molar-refractivity contribution in [2.75, 3.05) is 0 Å². The average molecular weight is 328 g/mol. The van der Waals surface area contributed by atoms with Crippen LogP contribution in [0.25, 0.3) is 0 Å². The molecule has 16 heavy (non-hydrogen) atoms. The van der Waals surface area contributed by atoms with E-state index in [0.29, 0.717) is 5.92 Å². The summed E-state index contributed by atoms with van der Waals surface area (Å²) in [7, 11) is 0. The van der Waals surface area contributed by atoms with Gasteiger partial charge in [0.2, 0.25) is 0 Å². The highest BCUT2D eigenvalue weighted by atomic mass is 127. The molecule has 0 bridgehead atoms. The minimum Gasteiger partial charge on any atom is -0.290 e. The van der Waals surface area contributed by atoms with Gasteiger partial charge in [0, 0.05) is 3.57 Å². The second-order valence-electron chi connectivity index (χ2n) is 3.79. The molecule has 0 spiro atoms. The summed E-state index contributed by atoms with van der Waals surface area (Å²) in [6, 6.07) is 6.15. The fraction of sp³-hybridized carbons (Fsp3) is 0.250. The summed E-state index contributed by atoms with van der Waals surface area (Å²) in [6.45, 7) is 0. The molecule has 1 aromatic rings. The van der Waals surface area contributed by atoms with Gasteiger partial charge in [0.1, 0.15) is 6.34 Å². The fourth-order valence-corrected chi connectivity index (χ4v) is 2.26. The number of rotatable bonds is 4. The summed E-state index contributed by atoms with van der Waals surface area (Å²) in [6.07, 6.45) is 7.90. The highest BCUT2D eigenvalue weighted by Gasteiger charge is 2.13. The molecule has 3 nitrogen and oxygen atoms in total. The van der Waals surface area contributed by atoms with E-state index in [4.69, 9.17) is 5.21 Å². The maximum atomic E-state index is 8.50. The molecule has 2 rings (SSSR count). The first-order valence-corrected chi connectivity index (χ1v) is 6.24. The molecule has 0 aliphatic heterocycles. The van der Waals surface area contributed by atoms with Gasteiger partial charge in [-0.2, -0.15) is 0 Å². The van der Waals surface area contributed by atoms with Crippen LogP contribution in [-0.4, -0.2) is 11.5 Å². The molecule has 0 heterocycles. The molecular weight excluding hydrogens is 315 g/mol. The smallest absolute Gasteiger partial charge is 0.113 e. The molecule has 0 amide bonds. The molecule has 1 aliphatic carbocycles. The van der Waals surface area contributed by atoms with E-state index in [1.807, 2.05) is 17.6 Å². The van der Waals surface area contributed by atoms with Crippen LogP contribution in [0.4, 0.5) is 5.69 Å². The second-order valence-corrected chi connectivity index (χ2v) is 5.03. The second kappa shape index (κ2) is 5.45.